The molecule has 0 radical (unpaired) electrons. The molecule has 0 atom stereocenters. The Morgan fingerprint density at radius 1 is 0.488 bits per heavy atom. The molecule has 6 aromatic carbocycles. The summed E-state index contributed by atoms with van der Waals surface area (Å²) in [4.78, 5) is 10.3. The van der Waals surface area contributed by atoms with Gasteiger partial charge in [-0.3, -0.25) is 4.40 Å². The summed E-state index contributed by atoms with van der Waals surface area (Å²) < 4.78 is 7.44. The zero-order chi connectivity index (χ0) is 27.8. The highest BCUT2D eigenvalue weighted by molar-refractivity contribution is 7.25. The fourth-order valence-electron chi connectivity index (χ4n) is 7.47. The van der Waals surface area contributed by atoms with Crippen molar-refractivity contribution in [1.82, 2.24) is 18.9 Å². The molecule has 0 amide bonds. The van der Waals surface area contributed by atoms with Gasteiger partial charge in [0.2, 0.25) is 0 Å². The fraction of sp³-hybridized carbons (Fsp3) is 0. The molecule has 0 saturated heterocycles. The molecule has 11 rings (SSSR count). The van der Waals surface area contributed by atoms with E-state index in [0.717, 1.165) is 27.6 Å². The Bertz CT molecular complexity index is 2960. The third kappa shape index (κ3) is 2.67. The lowest BCUT2D eigenvalue weighted by Gasteiger charge is -2.08. The van der Waals surface area contributed by atoms with Crippen molar-refractivity contribution in [3.8, 4) is 5.69 Å². The number of benzene rings is 6. The van der Waals surface area contributed by atoms with E-state index in [-0.39, 0.29) is 0 Å². The molecule has 11 aromatic rings. The Morgan fingerprint density at radius 2 is 1.19 bits per heavy atom. The minimum absolute atomic E-state index is 0.912. The van der Waals surface area contributed by atoms with Crippen LogP contribution in [0.3, 0.4) is 0 Å². The quantitative estimate of drug-likeness (QED) is 0.199. The maximum atomic E-state index is 5.22. The number of fused-ring (bicyclic) bond motifs is 14. The second-order valence-electron chi connectivity index (χ2n) is 11.4. The van der Waals surface area contributed by atoms with Crippen LogP contribution in [0, 0.1) is 0 Å². The molecule has 198 valence electrons. The van der Waals surface area contributed by atoms with Crippen LogP contribution in [0.15, 0.2) is 121 Å². The van der Waals surface area contributed by atoms with Gasteiger partial charge in [0, 0.05) is 52.8 Å². The molecule has 43 heavy (non-hydrogen) atoms. The van der Waals surface area contributed by atoms with Crippen LogP contribution in [0.4, 0.5) is 0 Å². The number of nitrogens with zero attached hydrogens (tertiary/aromatic N) is 4. The standard InChI is InChI=1S/C38H20N4S/c1-5-14-30-26(9-1)34-31(41(30)21-16-17-23-22-8-2-6-15-32(22)43-33(23)20-21)19-18-25-24-10-7-11-27-35-38(42(36(24)27)37(25)34)40-29-13-4-3-12-28(29)39-35/h1-20H. The van der Waals surface area contributed by atoms with E-state index in [0.29, 0.717) is 0 Å². The van der Waals surface area contributed by atoms with E-state index in [4.69, 9.17) is 9.97 Å². The number of thiophene rings is 1. The molecule has 0 spiro atoms. The molecule has 0 saturated carbocycles. The molecule has 0 fully saturated rings. The Hall–Kier alpha value is -5.52. The van der Waals surface area contributed by atoms with Gasteiger partial charge in [-0.05, 0) is 42.5 Å². The lowest BCUT2D eigenvalue weighted by Crippen LogP contribution is -1.93. The van der Waals surface area contributed by atoms with E-state index in [1.165, 1.54) is 69.5 Å². The van der Waals surface area contributed by atoms with Crippen LogP contribution in [-0.2, 0) is 0 Å². The maximum Gasteiger partial charge on any atom is 0.165 e. The van der Waals surface area contributed by atoms with Crippen LogP contribution in [0.1, 0.15) is 0 Å². The van der Waals surface area contributed by atoms with Gasteiger partial charge < -0.3 is 4.57 Å². The van der Waals surface area contributed by atoms with Crippen molar-refractivity contribution in [3.63, 3.8) is 0 Å². The minimum Gasteiger partial charge on any atom is -0.309 e. The van der Waals surface area contributed by atoms with Gasteiger partial charge >= 0.3 is 0 Å². The van der Waals surface area contributed by atoms with E-state index in [1.807, 2.05) is 29.5 Å². The van der Waals surface area contributed by atoms with Crippen molar-refractivity contribution < 1.29 is 0 Å². The zero-order valence-electron chi connectivity index (χ0n) is 22.7. The summed E-state index contributed by atoms with van der Waals surface area (Å²) in [7, 11) is 0. The highest BCUT2D eigenvalue weighted by Crippen LogP contribution is 2.44. The number of rotatable bonds is 1. The van der Waals surface area contributed by atoms with E-state index < -0.39 is 0 Å². The molecule has 0 bridgehead atoms. The van der Waals surface area contributed by atoms with Gasteiger partial charge in [0.15, 0.2) is 5.65 Å². The largest absolute Gasteiger partial charge is 0.309 e. The average Bonchev–Trinajstić information content (AvgIpc) is 3.78. The molecule has 4 nitrogen and oxygen atoms in total. The van der Waals surface area contributed by atoms with Gasteiger partial charge in [-0.15, -0.1) is 11.3 Å². The average molecular weight is 565 g/mol. The lowest BCUT2D eigenvalue weighted by atomic mass is 10.1. The highest BCUT2D eigenvalue weighted by Gasteiger charge is 2.24. The summed E-state index contributed by atoms with van der Waals surface area (Å²) in [6, 6.07) is 43.8. The third-order valence-electron chi connectivity index (χ3n) is 9.22. The SMILES string of the molecule is c1ccc2nc3c(nc2c1)c1cccc2c4ccc5c(c6ccccc6n5-c5ccc6c(c5)sc5ccccc56)c4n3c21. The minimum atomic E-state index is 0.912. The molecule has 0 aliphatic rings. The van der Waals surface area contributed by atoms with Crippen LogP contribution in [0.2, 0.25) is 0 Å². The monoisotopic (exact) mass is 564 g/mol. The Labute approximate surface area is 248 Å². The third-order valence-corrected chi connectivity index (χ3v) is 10.4. The highest BCUT2D eigenvalue weighted by atomic mass is 32.1. The molecule has 0 unspecified atom stereocenters. The first-order valence-electron chi connectivity index (χ1n) is 14.5. The first-order chi connectivity index (χ1) is 21.3. The molecule has 0 aliphatic carbocycles. The summed E-state index contributed by atoms with van der Waals surface area (Å²) in [6.07, 6.45) is 0. The van der Waals surface area contributed by atoms with Gasteiger partial charge in [-0.2, -0.15) is 0 Å². The molecule has 5 heterocycles. The van der Waals surface area contributed by atoms with E-state index in [1.54, 1.807) is 0 Å². The summed E-state index contributed by atoms with van der Waals surface area (Å²) in [5.74, 6) is 0. The molecule has 5 heteroatoms. The predicted molar refractivity (Wildman–Crippen MR) is 181 cm³/mol. The first-order valence-corrected chi connectivity index (χ1v) is 15.3. The molecule has 0 N–H and O–H groups in total. The van der Waals surface area contributed by atoms with E-state index >= 15 is 0 Å². The van der Waals surface area contributed by atoms with Gasteiger partial charge in [0.1, 0.15) is 5.52 Å². The smallest absolute Gasteiger partial charge is 0.165 e. The number of para-hydroxylation sites is 4. The van der Waals surface area contributed by atoms with Crippen LogP contribution in [0.25, 0.3) is 97.1 Å². The van der Waals surface area contributed by atoms with Gasteiger partial charge in [0.05, 0.1) is 33.1 Å². The predicted octanol–water partition coefficient (Wildman–Crippen LogP) is 10.2. The van der Waals surface area contributed by atoms with E-state index in [9.17, 15) is 0 Å². The second-order valence-corrected chi connectivity index (χ2v) is 12.5. The van der Waals surface area contributed by atoms with Crippen molar-refractivity contribution in [2.45, 2.75) is 0 Å². The summed E-state index contributed by atoms with van der Waals surface area (Å²) in [5, 5.41) is 8.75. The van der Waals surface area contributed by atoms with Crippen molar-refractivity contribution in [1.29, 1.82) is 0 Å². The number of aromatic nitrogens is 4. The zero-order valence-corrected chi connectivity index (χ0v) is 23.6. The van der Waals surface area contributed by atoms with Crippen LogP contribution in [-0.4, -0.2) is 18.9 Å². The normalized spacial score (nSPS) is 12.7. The maximum absolute atomic E-state index is 5.22. The number of hydrogen-bond acceptors (Lipinski definition) is 3. The van der Waals surface area contributed by atoms with Gasteiger partial charge in [-0.1, -0.05) is 78.9 Å². The summed E-state index contributed by atoms with van der Waals surface area (Å²) >= 11 is 1.86. The Balaban J connectivity index is 1.34. The van der Waals surface area contributed by atoms with Crippen molar-refractivity contribution in [3.05, 3.63) is 121 Å². The van der Waals surface area contributed by atoms with Gasteiger partial charge in [0.25, 0.3) is 0 Å². The molecule has 0 aliphatic heterocycles. The lowest BCUT2D eigenvalue weighted by molar-refractivity contribution is 1.19. The van der Waals surface area contributed by atoms with Crippen LogP contribution in [0.5, 0.6) is 0 Å². The van der Waals surface area contributed by atoms with E-state index in [2.05, 4.69) is 112 Å². The Morgan fingerprint density at radius 3 is 2.12 bits per heavy atom. The van der Waals surface area contributed by atoms with Crippen molar-refractivity contribution >= 4 is 103 Å². The molecular weight excluding hydrogens is 545 g/mol. The summed E-state index contributed by atoms with van der Waals surface area (Å²) in [5.41, 5.74) is 9.66. The van der Waals surface area contributed by atoms with Crippen molar-refractivity contribution in [2.75, 3.05) is 0 Å². The van der Waals surface area contributed by atoms with Crippen LogP contribution >= 0.6 is 11.3 Å². The first kappa shape index (κ1) is 22.1. The van der Waals surface area contributed by atoms with Crippen LogP contribution < -0.4 is 0 Å². The summed E-state index contributed by atoms with van der Waals surface area (Å²) in [6.45, 7) is 0. The topological polar surface area (TPSA) is 35.1 Å². The van der Waals surface area contributed by atoms with Gasteiger partial charge in [-0.25, -0.2) is 9.97 Å². The molecular formula is C38H20N4S. The molecule has 5 aromatic heterocycles. The second kappa shape index (κ2) is 7.65. The van der Waals surface area contributed by atoms with Crippen molar-refractivity contribution in [2.24, 2.45) is 0 Å². The Kier molecular flexibility index (Phi) is 3.94. The number of hydrogen-bond donors (Lipinski definition) is 0. The fourth-order valence-corrected chi connectivity index (χ4v) is 8.61.